The summed E-state index contributed by atoms with van der Waals surface area (Å²) in [6.07, 6.45) is 0. The molecule has 17 heavy (non-hydrogen) atoms. The summed E-state index contributed by atoms with van der Waals surface area (Å²) >= 11 is 0. The summed E-state index contributed by atoms with van der Waals surface area (Å²) in [5, 5.41) is 9.74. The van der Waals surface area contributed by atoms with E-state index in [4.69, 9.17) is 4.74 Å². The molecule has 0 saturated heterocycles. The number of rotatable bonds is 2. The van der Waals surface area contributed by atoms with E-state index in [-0.39, 0.29) is 5.75 Å². The fraction of sp³-hybridized carbons (Fsp3) is 0.143. The van der Waals surface area contributed by atoms with Gasteiger partial charge in [0.05, 0.1) is 7.11 Å². The van der Waals surface area contributed by atoms with Crippen molar-refractivity contribution < 1.29 is 14.2 Å². The zero-order chi connectivity index (χ0) is 12.4. The van der Waals surface area contributed by atoms with Gasteiger partial charge in [0.1, 0.15) is 17.3 Å². The van der Waals surface area contributed by atoms with Crippen molar-refractivity contribution in [3.8, 4) is 22.6 Å². The molecule has 0 bridgehead atoms. The van der Waals surface area contributed by atoms with Crippen molar-refractivity contribution >= 4 is 0 Å². The third kappa shape index (κ3) is 2.23. The number of ether oxygens (including phenoxy) is 1. The molecule has 2 aromatic carbocycles. The molecule has 0 heterocycles. The monoisotopic (exact) mass is 232 g/mol. The summed E-state index contributed by atoms with van der Waals surface area (Å²) in [7, 11) is 1.48. The Morgan fingerprint density at radius 2 is 1.82 bits per heavy atom. The number of aryl methyl sites for hydroxylation is 1. The topological polar surface area (TPSA) is 29.5 Å². The Hall–Kier alpha value is -2.03. The Balaban J connectivity index is 2.56. The van der Waals surface area contributed by atoms with Gasteiger partial charge in [-0.05, 0) is 31.2 Å². The van der Waals surface area contributed by atoms with Gasteiger partial charge in [-0.15, -0.1) is 0 Å². The van der Waals surface area contributed by atoms with Crippen LogP contribution in [0.25, 0.3) is 11.1 Å². The second kappa shape index (κ2) is 4.45. The summed E-state index contributed by atoms with van der Waals surface area (Å²) in [5.41, 5.74) is 1.82. The minimum Gasteiger partial charge on any atom is -0.507 e. The molecule has 0 aliphatic heterocycles. The highest BCUT2D eigenvalue weighted by Crippen LogP contribution is 2.33. The predicted octanol–water partition coefficient (Wildman–Crippen LogP) is 3.52. The van der Waals surface area contributed by atoms with Gasteiger partial charge in [0.15, 0.2) is 0 Å². The first kappa shape index (κ1) is 11.5. The zero-order valence-electron chi connectivity index (χ0n) is 9.70. The highest BCUT2D eigenvalue weighted by Gasteiger charge is 2.10. The maximum atomic E-state index is 13.8. The number of phenols is 1. The van der Waals surface area contributed by atoms with Crippen LogP contribution in [0, 0.1) is 12.7 Å². The fourth-order valence-electron chi connectivity index (χ4n) is 1.71. The van der Waals surface area contributed by atoms with Crippen molar-refractivity contribution in [2.24, 2.45) is 0 Å². The number of aromatic hydroxyl groups is 1. The molecule has 2 nitrogen and oxygen atoms in total. The molecular weight excluding hydrogens is 219 g/mol. The lowest BCUT2D eigenvalue weighted by Crippen LogP contribution is -1.89. The average Bonchev–Trinajstić information content (AvgIpc) is 2.32. The van der Waals surface area contributed by atoms with Gasteiger partial charge in [0.25, 0.3) is 0 Å². The molecule has 0 aliphatic carbocycles. The van der Waals surface area contributed by atoms with Crippen molar-refractivity contribution in [2.75, 3.05) is 7.11 Å². The van der Waals surface area contributed by atoms with Gasteiger partial charge in [0, 0.05) is 17.2 Å². The zero-order valence-corrected chi connectivity index (χ0v) is 9.70. The molecule has 2 rings (SSSR count). The fourth-order valence-corrected chi connectivity index (χ4v) is 1.71. The minimum atomic E-state index is -0.412. The molecule has 2 aromatic rings. The first-order valence-electron chi connectivity index (χ1n) is 5.25. The van der Waals surface area contributed by atoms with Gasteiger partial charge in [0.2, 0.25) is 0 Å². The van der Waals surface area contributed by atoms with Crippen LogP contribution in [0.5, 0.6) is 11.5 Å². The molecule has 88 valence electrons. The second-order valence-electron chi connectivity index (χ2n) is 3.87. The van der Waals surface area contributed by atoms with Crippen LogP contribution in [0.3, 0.4) is 0 Å². The number of halogens is 1. The van der Waals surface area contributed by atoms with Gasteiger partial charge in [-0.2, -0.15) is 0 Å². The molecular formula is C14H13FO2. The van der Waals surface area contributed by atoms with E-state index in [2.05, 4.69) is 0 Å². The van der Waals surface area contributed by atoms with Gasteiger partial charge in [-0.25, -0.2) is 4.39 Å². The molecule has 0 fully saturated rings. The van der Waals surface area contributed by atoms with Crippen molar-refractivity contribution in [2.45, 2.75) is 6.92 Å². The number of phenolic OH excluding ortho intramolecular Hbond substituents is 1. The van der Waals surface area contributed by atoms with Crippen LogP contribution in [0.15, 0.2) is 36.4 Å². The van der Waals surface area contributed by atoms with E-state index >= 15 is 0 Å². The van der Waals surface area contributed by atoms with E-state index in [0.29, 0.717) is 16.9 Å². The van der Waals surface area contributed by atoms with Crippen molar-refractivity contribution in [1.29, 1.82) is 0 Å². The number of methoxy groups -OCH3 is 1. The van der Waals surface area contributed by atoms with Crippen LogP contribution >= 0.6 is 0 Å². The third-order valence-electron chi connectivity index (χ3n) is 2.62. The Morgan fingerprint density at radius 3 is 2.47 bits per heavy atom. The summed E-state index contributed by atoms with van der Waals surface area (Å²) in [6, 6.07) is 9.66. The van der Waals surface area contributed by atoms with E-state index in [1.807, 2.05) is 6.92 Å². The van der Waals surface area contributed by atoms with Crippen molar-refractivity contribution in [1.82, 2.24) is 0 Å². The number of hydrogen-bond acceptors (Lipinski definition) is 2. The Labute approximate surface area is 99.3 Å². The highest BCUT2D eigenvalue weighted by molar-refractivity contribution is 5.71. The smallest absolute Gasteiger partial charge is 0.134 e. The van der Waals surface area contributed by atoms with E-state index in [0.717, 1.165) is 5.56 Å². The van der Waals surface area contributed by atoms with Crippen molar-refractivity contribution in [3.05, 3.63) is 47.8 Å². The van der Waals surface area contributed by atoms with E-state index in [1.54, 1.807) is 30.3 Å². The van der Waals surface area contributed by atoms with E-state index in [9.17, 15) is 9.50 Å². The van der Waals surface area contributed by atoms with Crippen LogP contribution in [-0.4, -0.2) is 12.2 Å². The molecule has 3 heteroatoms. The van der Waals surface area contributed by atoms with Gasteiger partial charge in [-0.3, -0.25) is 0 Å². The quantitative estimate of drug-likeness (QED) is 0.858. The SMILES string of the molecule is COc1ccc(-c2cc(C)ccc2O)c(F)c1. The third-order valence-corrected chi connectivity index (χ3v) is 2.62. The Bertz CT molecular complexity index is 550. The first-order valence-corrected chi connectivity index (χ1v) is 5.25. The largest absolute Gasteiger partial charge is 0.507 e. The molecule has 0 radical (unpaired) electrons. The lowest BCUT2D eigenvalue weighted by Gasteiger charge is -2.08. The lowest BCUT2D eigenvalue weighted by molar-refractivity contribution is 0.411. The van der Waals surface area contributed by atoms with Gasteiger partial charge < -0.3 is 9.84 Å². The maximum absolute atomic E-state index is 13.8. The summed E-state index contributed by atoms with van der Waals surface area (Å²) < 4.78 is 18.8. The minimum absolute atomic E-state index is 0.0691. The average molecular weight is 232 g/mol. The first-order chi connectivity index (χ1) is 8.11. The molecule has 0 atom stereocenters. The second-order valence-corrected chi connectivity index (χ2v) is 3.87. The molecule has 1 N–H and O–H groups in total. The Kier molecular flexibility index (Phi) is 3.00. The predicted molar refractivity (Wildman–Crippen MR) is 64.8 cm³/mol. The molecule has 0 unspecified atom stereocenters. The molecule has 0 spiro atoms. The van der Waals surface area contributed by atoms with Crippen LogP contribution < -0.4 is 4.74 Å². The van der Waals surface area contributed by atoms with Crippen LogP contribution in [-0.2, 0) is 0 Å². The molecule has 0 amide bonds. The van der Waals surface area contributed by atoms with Crippen LogP contribution in [0.1, 0.15) is 5.56 Å². The number of benzene rings is 2. The normalized spacial score (nSPS) is 10.3. The van der Waals surface area contributed by atoms with Crippen molar-refractivity contribution in [3.63, 3.8) is 0 Å². The van der Waals surface area contributed by atoms with E-state index in [1.165, 1.54) is 13.2 Å². The van der Waals surface area contributed by atoms with E-state index < -0.39 is 5.82 Å². The standard InChI is InChI=1S/C14H13FO2/c1-9-3-6-14(16)12(7-9)11-5-4-10(17-2)8-13(11)15/h3-8,16H,1-2H3. The molecule has 0 aromatic heterocycles. The summed E-state index contributed by atoms with van der Waals surface area (Å²) in [4.78, 5) is 0. The lowest BCUT2D eigenvalue weighted by atomic mass is 10.0. The van der Waals surface area contributed by atoms with Crippen LogP contribution in [0.2, 0.25) is 0 Å². The highest BCUT2D eigenvalue weighted by atomic mass is 19.1. The van der Waals surface area contributed by atoms with Crippen LogP contribution in [0.4, 0.5) is 4.39 Å². The summed E-state index contributed by atoms with van der Waals surface area (Å²) in [6.45, 7) is 1.89. The molecule has 0 aliphatic rings. The summed E-state index contributed by atoms with van der Waals surface area (Å²) in [5.74, 6) is 0.114. The van der Waals surface area contributed by atoms with Gasteiger partial charge >= 0.3 is 0 Å². The Morgan fingerprint density at radius 1 is 1.06 bits per heavy atom. The number of hydrogen-bond donors (Lipinski definition) is 1. The maximum Gasteiger partial charge on any atom is 0.134 e. The van der Waals surface area contributed by atoms with Gasteiger partial charge in [-0.1, -0.05) is 11.6 Å². The molecule has 0 saturated carbocycles.